The molecule has 0 atom stereocenters. The van der Waals surface area contributed by atoms with Crippen LogP contribution in [0.5, 0.6) is 0 Å². The van der Waals surface area contributed by atoms with E-state index < -0.39 is 0 Å². The van der Waals surface area contributed by atoms with Gasteiger partial charge in [0.2, 0.25) is 0 Å². The molecule has 24 heavy (non-hydrogen) atoms. The molecule has 4 aliphatic rings. The van der Waals surface area contributed by atoms with E-state index in [1.165, 1.54) is 45.7 Å². The molecule has 4 aliphatic heterocycles. The summed E-state index contributed by atoms with van der Waals surface area (Å²) < 4.78 is 10.8. The van der Waals surface area contributed by atoms with Crippen LogP contribution in [0.25, 0.3) is 0 Å². The van der Waals surface area contributed by atoms with Gasteiger partial charge in [-0.15, -0.1) is 23.5 Å². The van der Waals surface area contributed by atoms with E-state index >= 15 is 0 Å². The normalized spacial score (nSPS) is 23.5. The van der Waals surface area contributed by atoms with E-state index in [1.807, 2.05) is 94.1 Å². The van der Waals surface area contributed by atoms with Gasteiger partial charge in [0.15, 0.2) is 0 Å². The highest BCUT2D eigenvalue weighted by atomic mass is 32.3. The molecule has 0 aromatic rings. The van der Waals surface area contributed by atoms with Crippen molar-refractivity contribution < 1.29 is 0 Å². The van der Waals surface area contributed by atoms with Crippen LogP contribution in [0.3, 0.4) is 0 Å². The minimum atomic E-state index is 1.26. The minimum Gasteiger partial charge on any atom is -0.116 e. The molecule has 0 aromatic heterocycles. The molecule has 4 heterocycles. The van der Waals surface area contributed by atoms with E-state index in [0.717, 1.165) is 0 Å². The largest absolute Gasteiger partial charge is 0.116 e. The lowest BCUT2D eigenvalue weighted by Crippen LogP contribution is -1.88. The Bertz CT molecular complexity index is 620. The van der Waals surface area contributed by atoms with Crippen LogP contribution in [0.1, 0.15) is 39.5 Å². The molecule has 4 rings (SSSR count). The summed E-state index contributed by atoms with van der Waals surface area (Å²) >= 11 is 16.3. The van der Waals surface area contributed by atoms with E-state index in [-0.39, 0.29) is 0 Å². The molecular weight excluding hydrogens is 449 g/mol. The number of thioether (sulfide) groups is 8. The van der Waals surface area contributed by atoms with Crippen LogP contribution in [-0.2, 0) is 0 Å². The lowest BCUT2D eigenvalue weighted by atomic mass is 10.1. The van der Waals surface area contributed by atoms with Crippen LogP contribution in [0.15, 0.2) is 35.2 Å². The third-order valence-electron chi connectivity index (χ3n) is 3.55. The Morgan fingerprint density at radius 2 is 1.04 bits per heavy atom. The average Bonchev–Trinajstić information content (AvgIpc) is 3.26. The molecule has 130 valence electrons. The first kappa shape index (κ1) is 19.1. The van der Waals surface area contributed by atoms with Gasteiger partial charge in [0.1, 0.15) is 0 Å². The second-order valence-electron chi connectivity index (χ2n) is 5.43. The maximum absolute atomic E-state index is 2.30. The Morgan fingerprint density at radius 3 is 1.50 bits per heavy atom. The third-order valence-corrected chi connectivity index (χ3v) is 15.7. The highest BCUT2D eigenvalue weighted by Crippen LogP contribution is 2.71. The fourth-order valence-electron chi connectivity index (χ4n) is 2.55. The topological polar surface area (TPSA) is 0 Å². The van der Waals surface area contributed by atoms with Crippen molar-refractivity contribution in [1.82, 2.24) is 0 Å². The minimum absolute atomic E-state index is 1.26. The predicted octanol–water partition coefficient (Wildman–Crippen LogP) is 9.10. The zero-order valence-corrected chi connectivity index (χ0v) is 20.0. The van der Waals surface area contributed by atoms with E-state index in [0.29, 0.717) is 0 Å². The zero-order chi connectivity index (χ0) is 16.5. The van der Waals surface area contributed by atoms with Crippen LogP contribution in [0.2, 0.25) is 0 Å². The quantitative estimate of drug-likeness (QED) is 0.397. The van der Waals surface area contributed by atoms with Gasteiger partial charge >= 0.3 is 0 Å². The van der Waals surface area contributed by atoms with Crippen LogP contribution in [0, 0.1) is 0 Å². The van der Waals surface area contributed by atoms with Crippen molar-refractivity contribution in [3.63, 3.8) is 0 Å². The molecule has 0 unspecified atom stereocenters. The molecule has 0 aromatic carbocycles. The second kappa shape index (κ2) is 8.84. The fraction of sp³-hybridized carbons (Fsp3) is 0.500. The number of hydrogen-bond donors (Lipinski definition) is 0. The Labute approximate surface area is 178 Å². The highest BCUT2D eigenvalue weighted by molar-refractivity contribution is 8.49. The smallest absolute Gasteiger partial charge is 0.0718 e. The van der Waals surface area contributed by atoms with Crippen molar-refractivity contribution in [3.05, 3.63) is 35.2 Å². The van der Waals surface area contributed by atoms with Gasteiger partial charge in [-0.3, -0.25) is 0 Å². The van der Waals surface area contributed by atoms with Crippen molar-refractivity contribution in [1.29, 1.82) is 0 Å². The molecule has 0 radical (unpaired) electrons. The van der Waals surface area contributed by atoms with Gasteiger partial charge in [-0.05, 0) is 18.4 Å². The molecule has 0 nitrogen and oxygen atoms in total. The van der Waals surface area contributed by atoms with Gasteiger partial charge in [0, 0.05) is 11.5 Å². The molecule has 0 aliphatic carbocycles. The van der Waals surface area contributed by atoms with Crippen LogP contribution < -0.4 is 0 Å². The summed E-state index contributed by atoms with van der Waals surface area (Å²) in [6, 6.07) is 0. The molecule has 0 N–H and O–H groups in total. The first-order chi connectivity index (χ1) is 11.8. The number of hydrogen-bond acceptors (Lipinski definition) is 8. The summed E-state index contributed by atoms with van der Waals surface area (Å²) in [7, 11) is 0. The lowest BCUT2D eigenvalue weighted by molar-refractivity contribution is 0.804. The summed E-state index contributed by atoms with van der Waals surface area (Å²) in [4.78, 5) is 0. The first-order valence-electron chi connectivity index (χ1n) is 8.06. The molecular formula is C16H18S8. The maximum atomic E-state index is 2.30. The molecule has 0 saturated carbocycles. The zero-order valence-electron chi connectivity index (χ0n) is 13.5. The summed E-state index contributed by atoms with van der Waals surface area (Å²) in [6.07, 6.45) is 5.06. The molecule has 0 fully saturated rings. The van der Waals surface area contributed by atoms with Gasteiger partial charge in [-0.25, -0.2) is 0 Å². The van der Waals surface area contributed by atoms with Gasteiger partial charge in [-0.1, -0.05) is 97.3 Å². The van der Waals surface area contributed by atoms with E-state index in [2.05, 4.69) is 13.8 Å². The SMILES string of the molecule is CCCC(CCC)=C1SC2=C(S1)SC(=C1SC3=C(SCCS3)S1)S2. The van der Waals surface area contributed by atoms with Crippen molar-refractivity contribution >= 4 is 94.1 Å². The molecule has 0 bridgehead atoms. The third kappa shape index (κ3) is 4.10. The van der Waals surface area contributed by atoms with Crippen LogP contribution in [-0.4, -0.2) is 11.5 Å². The van der Waals surface area contributed by atoms with Crippen LogP contribution in [0.4, 0.5) is 0 Å². The molecule has 0 spiro atoms. The molecule has 8 heteroatoms. The lowest BCUT2D eigenvalue weighted by Gasteiger charge is -2.10. The molecule has 0 amide bonds. The Kier molecular flexibility index (Phi) is 7.03. The Balaban J connectivity index is 1.44. The Morgan fingerprint density at radius 1 is 0.625 bits per heavy atom. The molecule has 0 saturated heterocycles. The second-order valence-corrected chi connectivity index (χ2v) is 15.6. The average molecular weight is 467 g/mol. The number of allylic oxidation sites excluding steroid dienone is 1. The standard InChI is InChI=1S/C16H18S8/c1-3-5-9(6-4-2)10-19-13-14(20-10)24-16(23-13)15-21-11-12(22-15)18-8-7-17-11/h3-8H2,1-2H3. The van der Waals surface area contributed by atoms with Gasteiger partial charge < -0.3 is 0 Å². The van der Waals surface area contributed by atoms with Crippen LogP contribution >= 0.6 is 94.1 Å². The van der Waals surface area contributed by atoms with Crippen molar-refractivity contribution in [3.8, 4) is 0 Å². The van der Waals surface area contributed by atoms with E-state index in [9.17, 15) is 0 Å². The Hall–Kier alpha value is 1.76. The van der Waals surface area contributed by atoms with Crippen molar-refractivity contribution in [2.45, 2.75) is 39.5 Å². The van der Waals surface area contributed by atoms with Gasteiger partial charge in [0.05, 0.1) is 29.7 Å². The maximum Gasteiger partial charge on any atom is 0.0718 e. The fourth-order valence-corrected chi connectivity index (χ4v) is 15.3. The monoisotopic (exact) mass is 466 g/mol. The summed E-state index contributed by atoms with van der Waals surface area (Å²) in [5, 5.41) is 0. The van der Waals surface area contributed by atoms with Crippen molar-refractivity contribution in [2.24, 2.45) is 0 Å². The highest BCUT2D eigenvalue weighted by Gasteiger charge is 2.35. The summed E-state index contributed by atoms with van der Waals surface area (Å²) in [6.45, 7) is 4.60. The van der Waals surface area contributed by atoms with E-state index in [4.69, 9.17) is 0 Å². The van der Waals surface area contributed by atoms with E-state index in [1.54, 1.807) is 26.8 Å². The number of rotatable bonds is 4. The summed E-state index contributed by atoms with van der Waals surface area (Å²) in [5.74, 6) is 2.54. The van der Waals surface area contributed by atoms with Gasteiger partial charge in [-0.2, -0.15) is 0 Å². The summed E-state index contributed by atoms with van der Waals surface area (Å²) in [5.41, 5.74) is 1.69. The predicted molar refractivity (Wildman–Crippen MR) is 128 cm³/mol. The van der Waals surface area contributed by atoms with Crippen molar-refractivity contribution in [2.75, 3.05) is 11.5 Å². The van der Waals surface area contributed by atoms with Gasteiger partial charge in [0.25, 0.3) is 0 Å². The first-order valence-corrected chi connectivity index (χ1v) is 14.9.